The van der Waals surface area contributed by atoms with Crippen molar-refractivity contribution in [2.24, 2.45) is 5.73 Å². The Morgan fingerprint density at radius 3 is 2.38 bits per heavy atom. The third-order valence-electron chi connectivity index (χ3n) is 3.05. The largest absolute Gasteiger partial charge is 0.329 e. The minimum Gasteiger partial charge on any atom is -0.329 e. The molecule has 1 rings (SSSR count). The van der Waals surface area contributed by atoms with Crippen molar-refractivity contribution in [3.63, 3.8) is 0 Å². The molecule has 0 aliphatic carbocycles. The molecule has 0 aromatic heterocycles. The Morgan fingerprint density at radius 1 is 1.19 bits per heavy atom. The Labute approximate surface area is 99.5 Å². The van der Waals surface area contributed by atoms with E-state index in [1.807, 2.05) is 0 Å². The van der Waals surface area contributed by atoms with Crippen LogP contribution in [0.25, 0.3) is 0 Å². The summed E-state index contributed by atoms with van der Waals surface area (Å²) in [6.07, 6.45) is 2.39. The quantitative estimate of drug-likeness (QED) is 0.765. The van der Waals surface area contributed by atoms with E-state index >= 15 is 0 Å². The molecule has 0 saturated heterocycles. The molecule has 0 amide bonds. The van der Waals surface area contributed by atoms with Gasteiger partial charge < -0.3 is 5.73 Å². The highest BCUT2D eigenvalue weighted by Crippen LogP contribution is 2.11. The number of nitrogens with two attached hydrogens (primary N) is 1. The van der Waals surface area contributed by atoms with E-state index in [4.69, 9.17) is 5.73 Å². The van der Waals surface area contributed by atoms with Gasteiger partial charge in [0.15, 0.2) is 0 Å². The molecule has 1 unspecified atom stereocenters. The van der Waals surface area contributed by atoms with Gasteiger partial charge in [0, 0.05) is 19.1 Å². The number of hydrogen-bond acceptors (Lipinski definition) is 2. The topological polar surface area (TPSA) is 29.3 Å². The second-order valence-corrected chi connectivity index (χ2v) is 4.23. The zero-order valence-electron chi connectivity index (χ0n) is 10.5. The molecule has 0 radical (unpaired) electrons. The van der Waals surface area contributed by atoms with Crippen LogP contribution in [0.1, 0.15) is 32.3 Å². The second kappa shape index (κ2) is 7.42. The van der Waals surface area contributed by atoms with Crippen LogP contribution in [0.2, 0.25) is 0 Å². The Morgan fingerprint density at radius 2 is 1.88 bits per heavy atom. The van der Waals surface area contributed by atoms with Gasteiger partial charge in [-0.2, -0.15) is 0 Å². The first kappa shape index (κ1) is 13.2. The van der Waals surface area contributed by atoms with Gasteiger partial charge in [0.25, 0.3) is 0 Å². The van der Waals surface area contributed by atoms with Crippen LogP contribution in [0.4, 0.5) is 0 Å². The fourth-order valence-corrected chi connectivity index (χ4v) is 2.10. The maximum atomic E-state index is 5.85. The third-order valence-corrected chi connectivity index (χ3v) is 3.05. The van der Waals surface area contributed by atoms with Crippen LogP contribution in [0, 0.1) is 0 Å². The molecule has 0 bridgehead atoms. The van der Waals surface area contributed by atoms with Crippen molar-refractivity contribution in [3.8, 4) is 0 Å². The Bertz CT molecular complexity index is 271. The van der Waals surface area contributed by atoms with Crippen molar-refractivity contribution in [3.05, 3.63) is 35.9 Å². The van der Waals surface area contributed by atoms with Gasteiger partial charge in [0.05, 0.1) is 0 Å². The SMILES string of the molecule is CCCC(CN)N(CC)Cc1ccccc1. The van der Waals surface area contributed by atoms with Crippen molar-refractivity contribution >= 4 is 0 Å². The molecule has 1 atom stereocenters. The summed E-state index contributed by atoms with van der Waals surface area (Å²) in [4.78, 5) is 2.47. The van der Waals surface area contributed by atoms with Gasteiger partial charge in [-0.3, -0.25) is 4.90 Å². The molecule has 1 aromatic rings. The van der Waals surface area contributed by atoms with Gasteiger partial charge in [-0.25, -0.2) is 0 Å². The standard InChI is InChI=1S/C14H24N2/c1-3-8-14(11-15)16(4-2)12-13-9-6-5-7-10-13/h5-7,9-10,14H,3-4,8,11-12,15H2,1-2H3. The Kier molecular flexibility index (Phi) is 6.12. The predicted octanol–water partition coefficient (Wildman–Crippen LogP) is 2.64. The van der Waals surface area contributed by atoms with Gasteiger partial charge in [-0.15, -0.1) is 0 Å². The number of rotatable bonds is 7. The summed E-state index contributed by atoms with van der Waals surface area (Å²) in [6, 6.07) is 11.1. The van der Waals surface area contributed by atoms with Crippen molar-refractivity contribution in [2.75, 3.05) is 13.1 Å². The highest BCUT2D eigenvalue weighted by atomic mass is 15.2. The van der Waals surface area contributed by atoms with Crippen LogP contribution in [-0.4, -0.2) is 24.0 Å². The molecule has 2 N–H and O–H groups in total. The lowest BCUT2D eigenvalue weighted by Crippen LogP contribution is -2.39. The molecule has 90 valence electrons. The predicted molar refractivity (Wildman–Crippen MR) is 70.3 cm³/mol. The molecule has 1 aromatic carbocycles. The van der Waals surface area contributed by atoms with E-state index in [1.165, 1.54) is 18.4 Å². The summed E-state index contributed by atoms with van der Waals surface area (Å²) in [5, 5.41) is 0. The number of nitrogens with zero attached hydrogens (tertiary/aromatic N) is 1. The van der Waals surface area contributed by atoms with E-state index in [9.17, 15) is 0 Å². The molecule has 0 aliphatic heterocycles. The van der Waals surface area contributed by atoms with E-state index < -0.39 is 0 Å². The number of likely N-dealkylation sites (N-methyl/N-ethyl adjacent to an activating group) is 1. The van der Waals surface area contributed by atoms with Gasteiger partial charge in [-0.05, 0) is 18.5 Å². The van der Waals surface area contributed by atoms with Crippen molar-refractivity contribution < 1.29 is 0 Å². The van der Waals surface area contributed by atoms with Crippen LogP contribution in [-0.2, 0) is 6.54 Å². The summed E-state index contributed by atoms with van der Waals surface area (Å²) < 4.78 is 0. The van der Waals surface area contributed by atoms with E-state index in [1.54, 1.807) is 0 Å². The van der Waals surface area contributed by atoms with Crippen LogP contribution >= 0.6 is 0 Å². The lowest BCUT2D eigenvalue weighted by Gasteiger charge is -2.29. The molecule has 2 nitrogen and oxygen atoms in total. The van der Waals surface area contributed by atoms with E-state index in [0.29, 0.717) is 6.04 Å². The minimum atomic E-state index is 0.523. The van der Waals surface area contributed by atoms with E-state index in [2.05, 4.69) is 49.1 Å². The molecule has 0 saturated carbocycles. The van der Waals surface area contributed by atoms with Crippen LogP contribution < -0.4 is 5.73 Å². The summed E-state index contributed by atoms with van der Waals surface area (Å²) in [5.74, 6) is 0. The zero-order valence-corrected chi connectivity index (χ0v) is 10.5. The lowest BCUT2D eigenvalue weighted by molar-refractivity contribution is 0.191. The maximum absolute atomic E-state index is 5.85. The number of hydrogen-bond donors (Lipinski definition) is 1. The average Bonchev–Trinajstić information content (AvgIpc) is 2.35. The van der Waals surface area contributed by atoms with E-state index in [0.717, 1.165) is 19.6 Å². The monoisotopic (exact) mass is 220 g/mol. The zero-order chi connectivity index (χ0) is 11.8. The normalized spacial score (nSPS) is 13.0. The van der Waals surface area contributed by atoms with Gasteiger partial charge in [-0.1, -0.05) is 50.6 Å². The summed E-state index contributed by atoms with van der Waals surface area (Å²) >= 11 is 0. The van der Waals surface area contributed by atoms with E-state index in [-0.39, 0.29) is 0 Å². The average molecular weight is 220 g/mol. The third kappa shape index (κ3) is 3.95. The molecule has 0 heterocycles. The second-order valence-electron chi connectivity index (χ2n) is 4.23. The fourth-order valence-electron chi connectivity index (χ4n) is 2.10. The Balaban J connectivity index is 2.60. The summed E-state index contributed by atoms with van der Waals surface area (Å²) in [7, 11) is 0. The van der Waals surface area contributed by atoms with Crippen molar-refractivity contribution in [1.82, 2.24) is 4.90 Å². The fraction of sp³-hybridized carbons (Fsp3) is 0.571. The minimum absolute atomic E-state index is 0.523. The summed E-state index contributed by atoms with van der Waals surface area (Å²) in [6.45, 7) is 7.27. The number of benzene rings is 1. The van der Waals surface area contributed by atoms with Gasteiger partial charge in [0.2, 0.25) is 0 Å². The van der Waals surface area contributed by atoms with Crippen LogP contribution in [0.5, 0.6) is 0 Å². The molecule has 2 heteroatoms. The first-order valence-corrected chi connectivity index (χ1v) is 6.29. The van der Waals surface area contributed by atoms with Gasteiger partial charge in [0.1, 0.15) is 0 Å². The molecular formula is C14H24N2. The first-order chi connectivity index (χ1) is 7.81. The van der Waals surface area contributed by atoms with Crippen molar-refractivity contribution in [2.45, 2.75) is 39.3 Å². The van der Waals surface area contributed by atoms with Gasteiger partial charge >= 0.3 is 0 Å². The van der Waals surface area contributed by atoms with Crippen LogP contribution in [0.15, 0.2) is 30.3 Å². The Hall–Kier alpha value is -0.860. The maximum Gasteiger partial charge on any atom is 0.0237 e. The highest BCUT2D eigenvalue weighted by Gasteiger charge is 2.14. The first-order valence-electron chi connectivity index (χ1n) is 6.29. The molecule has 0 aliphatic rings. The highest BCUT2D eigenvalue weighted by molar-refractivity contribution is 5.14. The smallest absolute Gasteiger partial charge is 0.0237 e. The molecular weight excluding hydrogens is 196 g/mol. The lowest BCUT2D eigenvalue weighted by atomic mass is 10.1. The molecule has 16 heavy (non-hydrogen) atoms. The molecule has 0 spiro atoms. The summed E-state index contributed by atoms with van der Waals surface area (Å²) in [5.41, 5.74) is 7.22. The molecule has 0 fully saturated rings. The van der Waals surface area contributed by atoms with Crippen molar-refractivity contribution in [1.29, 1.82) is 0 Å². The van der Waals surface area contributed by atoms with Crippen LogP contribution in [0.3, 0.4) is 0 Å².